The number of rotatable bonds is 5. The van der Waals surface area contributed by atoms with Crippen molar-refractivity contribution >= 4 is 11.0 Å². The molecule has 0 N–H and O–H groups in total. The highest BCUT2D eigenvalue weighted by Crippen LogP contribution is 2.38. The molecule has 0 spiro atoms. The van der Waals surface area contributed by atoms with Crippen LogP contribution >= 0.6 is 0 Å². The molecule has 30 heavy (non-hydrogen) atoms. The van der Waals surface area contributed by atoms with Gasteiger partial charge in [0.2, 0.25) is 0 Å². The summed E-state index contributed by atoms with van der Waals surface area (Å²) in [6.07, 6.45) is 10.5. The second-order valence-electron chi connectivity index (χ2n) is 9.00. The fourth-order valence-electron chi connectivity index (χ4n) is 4.83. The van der Waals surface area contributed by atoms with E-state index in [0.717, 1.165) is 17.8 Å². The third-order valence-electron chi connectivity index (χ3n) is 6.27. The number of fused-ring (bicyclic) bond motifs is 1. The summed E-state index contributed by atoms with van der Waals surface area (Å²) in [5, 5.41) is 0. The zero-order chi connectivity index (χ0) is 20.5. The van der Waals surface area contributed by atoms with Gasteiger partial charge in [0.1, 0.15) is 0 Å². The Labute approximate surface area is 178 Å². The molecule has 1 fully saturated rings. The molecule has 154 valence electrons. The van der Waals surface area contributed by atoms with E-state index in [-0.39, 0.29) is 0 Å². The predicted octanol–water partition coefficient (Wildman–Crippen LogP) is 6.73. The average Bonchev–Trinajstić information content (AvgIpc) is 3.39. The van der Waals surface area contributed by atoms with Crippen LogP contribution in [-0.2, 0) is 6.54 Å². The molecule has 1 aliphatic rings. The molecular formula is C26H30N4. The van der Waals surface area contributed by atoms with Gasteiger partial charge in [0, 0.05) is 23.7 Å². The normalized spacial score (nSPS) is 15.3. The summed E-state index contributed by atoms with van der Waals surface area (Å²) in [7, 11) is 0. The fourth-order valence-corrected chi connectivity index (χ4v) is 4.83. The van der Waals surface area contributed by atoms with E-state index in [2.05, 4.69) is 82.8 Å². The van der Waals surface area contributed by atoms with E-state index in [1.54, 1.807) is 0 Å². The molecule has 0 bridgehead atoms. The van der Waals surface area contributed by atoms with Gasteiger partial charge < -0.3 is 9.13 Å². The molecule has 1 saturated carbocycles. The van der Waals surface area contributed by atoms with Crippen LogP contribution in [0.2, 0.25) is 0 Å². The van der Waals surface area contributed by atoms with Gasteiger partial charge in [0.15, 0.2) is 0 Å². The van der Waals surface area contributed by atoms with Crippen LogP contribution in [0.4, 0.5) is 0 Å². The first-order valence-electron chi connectivity index (χ1n) is 11.3. The van der Waals surface area contributed by atoms with Crippen molar-refractivity contribution in [2.24, 2.45) is 5.92 Å². The Bertz CT molecular complexity index is 1130. The minimum absolute atomic E-state index is 0.537. The Morgan fingerprint density at radius 1 is 0.900 bits per heavy atom. The standard InChI is InChI=1S/C26H30N4/c1-19(2)16-29-17-27-23-14-13-21(15-24(23)29)26-25(20-9-5-3-6-10-20)28-18-30(26)22-11-7-4-8-12-22/h3,5-6,9-10,13-15,17-19,22H,4,7-8,11-12,16H2,1-2H3. The van der Waals surface area contributed by atoms with Crippen molar-refractivity contribution in [2.75, 3.05) is 0 Å². The third kappa shape index (κ3) is 3.55. The van der Waals surface area contributed by atoms with Gasteiger partial charge in [0.25, 0.3) is 0 Å². The monoisotopic (exact) mass is 398 g/mol. The average molecular weight is 399 g/mol. The number of nitrogens with zero attached hydrogens (tertiary/aromatic N) is 4. The van der Waals surface area contributed by atoms with Crippen molar-refractivity contribution in [3.05, 3.63) is 61.2 Å². The molecule has 5 rings (SSSR count). The van der Waals surface area contributed by atoms with E-state index in [9.17, 15) is 0 Å². The van der Waals surface area contributed by atoms with Crippen LogP contribution in [0.1, 0.15) is 52.0 Å². The van der Waals surface area contributed by atoms with Crippen LogP contribution in [-0.4, -0.2) is 19.1 Å². The molecule has 0 saturated heterocycles. The summed E-state index contributed by atoms with van der Waals surface area (Å²) in [5.74, 6) is 0.582. The van der Waals surface area contributed by atoms with Crippen LogP contribution in [0.5, 0.6) is 0 Å². The molecule has 4 nitrogen and oxygen atoms in total. The second-order valence-corrected chi connectivity index (χ2v) is 9.00. The molecule has 4 heteroatoms. The highest BCUT2D eigenvalue weighted by Gasteiger charge is 2.23. The largest absolute Gasteiger partial charge is 0.330 e. The lowest BCUT2D eigenvalue weighted by atomic mass is 9.94. The van der Waals surface area contributed by atoms with Crippen molar-refractivity contribution in [3.8, 4) is 22.5 Å². The number of hydrogen-bond acceptors (Lipinski definition) is 2. The maximum Gasteiger partial charge on any atom is 0.0963 e. The molecule has 0 amide bonds. The first-order chi connectivity index (χ1) is 14.7. The maximum atomic E-state index is 4.92. The Hall–Kier alpha value is -2.88. The summed E-state index contributed by atoms with van der Waals surface area (Å²) >= 11 is 0. The minimum Gasteiger partial charge on any atom is -0.330 e. The molecule has 0 atom stereocenters. The van der Waals surface area contributed by atoms with Crippen molar-refractivity contribution in [1.29, 1.82) is 0 Å². The SMILES string of the molecule is CC(C)Cn1cnc2ccc(-c3c(-c4ccccc4)ncn3C3CCCCC3)cc21. The van der Waals surface area contributed by atoms with Crippen LogP contribution in [0, 0.1) is 5.92 Å². The second kappa shape index (κ2) is 8.10. The van der Waals surface area contributed by atoms with E-state index < -0.39 is 0 Å². The Kier molecular flexibility index (Phi) is 5.16. The van der Waals surface area contributed by atoms with Gasteiger partial charge in [-0.25, -0.2) is 9.97 Å². The van der Waals surface area contributed by atoms with Gasteiger partial charge in [-0.2, -0.15) is 0 Å². The Morgan fingerprint density at radius 2 is 1.70 bits per heavy atom. The number of hydrogen-bond donors (Lipinski definition) is 0. The molecular weight excluding hydrogens is 368 g/mol. The zero-order valence-corrected chi connectivity index (χ0v) is 18.0. The van der Waals surface area contributed by atoms with Crippen LogP contribution < -0.4 is 0 Å². The van der Waals surface area contributed by atoms with Gasteiger partial charge in [-0.05, 0) is 30.9 Å². The zero-order valence-electron chi connectivity index (χ0n) is 18.0. The van der Waals surface area contributed by atoms with Gasteiger partial charge >= 0.3 is 0 Å². The Morgan fingerprint density at radius 3 is 2.47 bits per heavy atom. The maximum absolute atomic E-state index is 4.92. The van der Waals surface area contributed by atoms with E-state index in [1.165, 1.54) is 54.4 Å². The van der Waals surface area contributed by atoms with Crippen molar-refractivity contribution < 1.29 is 0 Å². The first kappa shape index (κ1) is 19.1. The summed E-state index contributed by atoms with van der Waals surface area (Å²) in [5.41, 5.74) is 7.00. The predicted molar refractivity (Wildman–Crippen MR) is 123 cm³/mol. The molecule has 1 aliphatic carbocycles. The molecule has 0 aliphatic heterocycles. The van der Waals surface area contributed by atoms with Crippen molar-refractivity contribution in [1.82, 2.24) is 19.1 Å². The lowest BCUT2D eigenvalue weighted by Crippen LogP contribution is -2.13. The lowest BCUT2D eigenvalue weighted by molar-refractivity contribution is 0.355. The minimum atomic E-state index is 0.537. The topological polar surface area (TPSA) is 35.6 Å². The summed E-state index contributed by atoms with van der Waals surface area (Å²) in [4.78, 5) is 9.54. The van der Waals surface area contributed by atoms with Crippen LogP contribution in [0.3, 0.4) is 0 Å². The van der Waals surface area contributed by atoms with Gasteiger partial charge in [0.05, 0.1) is 35.1 Å². The van der Waals surface area contributed by atoms with E-state index in [0.29, 0.717) is 12.0 Å². The van der Waals surface area contributed by atoms with E-state index in [1.807, 2.05) is 6.33 Å². The number of imidazole rings is 2. The highest BCUT2D eigenvalue weighted by molar-refractivity contribution is 5.86. The fraction of sp³-hybridized carbons (Fsp3) is 0.385. The molecule has 0 radical (unpaired) electrons. The molecule has 2 aromatic carbocycles. The summed E-state index contributed by atoms with van der Waals surface area (Å²) < 4.78 is 4.73. The van der Waals surface area contributed by atoms with Crippen LogP contribution in [0.15, 0.2) is 61.2 Å². The summed E-state index contributed by atoms with van der Waals surface area (Å²) in [6, 6.07) is 17.8. The first-order valence-corrected chi connectivity index (χ1v) is 11.3. The molecule has 2 aromatic heterocycles. The van der Waals surface area contributed by atoms with E-state index >= 15 is 0 Å². The quantitative estimate of drug-likeness (QED) is 0.374. The summed E-state index contributed by atoms with van der Waals surface area (Å²) in [6.45, 7) is 5.48. The van der Waals surface area contributed by atoms with Crippen molar-refractivity contribution in [3.63, 3.8) is 0 Å². The number of aromatic nitrogens is 4. The van der Waals surface area contributed by atoms with Gasteiger partial charge in [-0.3, -0.25) is 0 Å². The third-order valence-corrected chi connectivity index (χ3v) is 6.27. The van der Waals surface area contributed by atoms with Gasteiger partial charge in [-0.1, -0.05) is 69.5 Å². The van der Waals surface area contributed by atoms with Gasteiger partial charge in [-0.15, -0.1) is 0 Å². The Balaban J connectivity index is 1.67. The van der Waals surface area contributed by atoms with Crippen molar-refractivity contribution in [2.45, 2.75) is 58.5 Å². The molecule has 2 heterocycles. The molecule has 0 unspecified atom stereocenters. The highest BCUT2D eigenvalue weighted by atomic mass is 15.1. The number of benzene rings is 2. The van der Waals surface area contributed by atoms with Crippen LogP contribution in [0.25, 0.3) is 33.5 Å². The van der Waals surface area contributed by atoms with E-state index in [4.69, 9.17) is 4.98 Å². The molecule has 4 aromatic rings. The smallest absolute Gasteiger partial charge is 0.0963 e. The lowest BCUT2D eigenvalue weighted by Gasteiger charge is -2.25.